The maximum atomic E-state index is 10.3. The van der Waals surface area contributed by atoms with Crippen LogP contribution in [0.15, 0.2) is 24.4 Å². The van der Waals surface area contributed by atoms with Crippen molar-refractivity contribution in [3.05, 3.63) is 45.1 Å². The number of ether oxygens (including phenoxy) is 1. The van der Waals surface area contributed by atoms with Gasteiger partial charge in [-0.05, 0) is 18.9 Å². The molecule has 1 aromatic rings. The number of halogens is 1. The van der Waals surface area contributed by atoms with Crippen LogP contribution in [0.2, 0.25) is 5.02 Å². The van der Waals surface area contributed by atoms with Crippen LogP contribution < -0.4 is 4.74 Å². The maximum Gasteiger partial charge on any atom is 0.235 e. The summed E-state index contributed by atoms with van der Waals surface area (Å²) in [5, 5.41) is 19.3. The van der Waals surface area contributed by atoms with E-state index in [0.29, 0.717) is 35.8 Å². The average Bonchev–Trinajstić information content (AvgIpc) is 2.34. The van der Waals surface area contributed by atoms with E-state index in [-0.39, 0.29) is 6.61 Å². The molecule has 1 N–H and O–H groups in total. The minimum atomic E-state index is -0.545. The van der Waals surface area contributed by atoms with Crippen LogP contribution in [0.1, 0.15) is 18.4 Å². The zero-order valence-corrected chi connectivity index (χ0v) is 10.5. The molecule has 1 rings (SSSR count). The van der Waals surface area contributed by atoms with E-state index in [9.17, 15) is 10.1 Å². The number of aliphatic hydroxyl groups excluding tert-OH is 1. The van der Waals surface area contributed by atoms with Gasteiger partial charge in [0.25, 0.3) is 0 Å². The van der Waals surface area contributed by atoms with Crippen molar-refractivity contribution in [2.75, 3.05) is 13.2 Å². The summed E-state index contributed by atoms with van der Waals surface area (Å²) in [5.74, 6) is 0.426. The van der Waals surface area contributed by atoms with Crippen LogP contribution in [0.25, 0.3) is 6.08 Å². The fraction of sp³-hybridized carbons (Fsp3) is 0.333. The van der Waals surface area contributed by atoms with Gasteiger partial charge in [0, 0.05) is 18.2 Å². The Bertz CT molecular complexity index is 434. The van der Waals surface area contributed by atoms with Crippen LogP contribution in [-0.4, -0.2) is 23.2 Å². The zero-order valence-electron chi connectivity index (χ0n) is 9.71. The van der Waals surface area contributed by atoms with Gasteiger partial charge in [-0.25, -0.2) is 0 Å². The number of benzene rings is 1. The molecule has 1 aromatic carbocycles. The zero-order chi connectivity index (χ0) is 13.4. The molecule has 0 aliphatic rings. The third-order valence-corrected chi connectivity index (χ3v) is 2.47. The second-order valence-electron chi connectivity index (χ2n) is 3.54. The third kappa shape index (κ3) is 4.73. The van der Waals surface area contributed by atoms with Gasteiger partial charge in [0.15, 0.2) is 0 Å². The fourth-order valence-electron chi connectivity index (χ4n) is 1.34. The number of nitrogens with zero attached hydrogens (tertiary/aromatic N) is 1. The van der Waals surface area contributed by atoms with Crippen molar-refractivity contribution in [3.8, 4) is 5.75 Å². The van der Waals surface area contributed by atoms with Crippen molar-refractivity contribution in [1.29, 1.82) is 0 Å². The Hall–Kier alpha value is -1.59. The molecule has 0 heterocycles. The van der Waals surface area contributed by atoms with Crippen LogP contribution in [0, 0.1) is 10.1 Å². The van der Waals surface area contributed by atoms with E-state index in [2.05, 4.69) is 0 Å². The van der Waals surface area contributed by atoms with Crippen molar-refractivity contribution in [2.24, 2.45) is 0 Å². The first-order chi connectivity index (χ1) is 8.65. The molecule has 5 nitrogen and oxygen atoms in total. The summed E-state index contributed by atoms with van der Waals surface area (Å²) in [6.07, 6.45) is 3.52. The number of hydrogen-bond donors (Lipinski definition) is 1. The predicted molar refractivity (Wildman–Crippen MR) is 69.3 cm³/mol. The smallest absolute Gasteiger partial charge is 0.235 e. The molecular weight excluding hydrogens is 258 g/mol. The lowest BCUT2D eigenvalue weighted by Gasteiger charge is -2.10. The minimum Gasteiger partial charge on any atom is -0.491 e. The SMILES string of the molecule is O=[N+]([O-])/C=C/c1cccc(Cl)c1OCCCCO. The van der Waals surface area contributed by atoms with Gasteiger partial charge < -0.3 is 9.84 Å². The van der Waals surface area contributed by atoms with Crippen LogP contribution in [-0.2, 0) is 0 Å². The number of hydrogen-bond acceptors (Lipinski definition) is 4. The van der Waals surface area contributed by atoms with Crippen molar-refractivity contribution in [2.45, 2.75) is 12.8 Å². The minimum absolute atomic E-state index is 0.111. The van der Waals surface area contributed by atoms with Crippen LogP contribution in [0.5, 0.6) is 5.75 Å². The molecule has 0 bridgehead atoms. The van der Waals surface area contributed by atoms with E-state index in [4.69, 9.17) is 21.4 Å². The number of aliphatic hydroxyl groups is 1. The molecule has 0 saturated carbocycles. The highest BCUT2D eigenvalue weighted by molar-refractivity contribution is 6.32. The van der Waals surface area contributed by atoms with Gasteiger partial charge in [-0.2, -0.15) is 0 Å². The van der Waals surface area contributed by atoms with E-state index < -0.39 is 4.92 Å². The summed E-state index contributed by atoms with van der Waals surface area (Å²) in [7, 11) is 0. The molecule has 0 aliphatic carbocycles. The van der Waals surface area contributed by atoms with Crippen molar-refractivity contribution in [3.63, 3.8) is 0 Å². The van der Waals surface area contributed by atoms with E-state index in [1.165, 1.54) is 6.08 Å². The van der Waals surface area contributed by atoms with Crippen LogP contribution in [0.3, 0.4) is 0 Å². The largest absolute Gasteiger partial charge is 0.491 e. The van der Waals surface area contributed by atoms with E-state index in [1.807, 2.05) is 0 Å². The van der Waals surface area contributed by atoms with Crippen molar-refractivity contribution in [1.82, 2.24) is 0 Å². The Morgan fingerprint density at radius 2 is 2.22 bits per heavy atom. The Morgan fingerprint density at radius 1 is 1.44 bits per heavy atom. The lowest BCUT2D eigenvalue weighted by Crippen LogP contribution is -2.00. The van der Waals surface area contributed by atoms with E-state index in [1.54, 1.807) is 18.2 Å². The topological polar surface area (TPSA) is 72.6 Å². The Labute approximate surface area is 110 Å². The van der Waals surface area contributed by atoms with Gasteiger partial charge in [-0.3, -0.25) is 10.1 Å². The summed E-state index contributed by atoms with van der Waals surface area (Å²) in [5.41, 5.74) is 0.559. The predicted octanol–water partition coefficient (Wildman–Crippen LogP) is 2.74. The van der Waals surface area contributed by atoms with Crippen LogP contribution >= 0.6 is 11.6 Å². The summed E-state index contributed by atoms with van der Waals surface area (Å²) in [6, 6.07) is 5.04. The van der Waals surface area contributed by atoms with Gasteiger partial charge in [-0.1, -0.05) is 23.7 Å². The van der Waals surface area contributed by atoms with Crippen molar-refractivity contribution >= 4 is 17.7 Å². The molecule has 0 fully saturated rings. The van der Waals surface area contributed by atoms with Crippen LogP contribution in [0.4, 0.5) is 0 Å². The highest BCUT2D eigenvalue weighted by atomic mass is 35.5. The molecule has 0 radical (unpaired) electrons. The summed E-state index contributed by atoms with van der Waals surface area (Å²) < 4.78 is 5.49. The third-order valence-electron chi connectivity index (χ3n) is 2.17. The lowest BCUT2D eigenvalue weighted by molar-refractivity contribution is -0.400. The van der Waals surface area contributed by atoms with Crippen molar-refractivity contribution < 1.29 is 14.8 Å². The molecule has 0 saturated heterocycles. The van der Waals surface area contributed by atoms with Gasteiger partial charge in [0.05, 0.1) is 16.6 Å². The summed E-state index contributed by atoms with van der Waals surface area (Å²) in [6.45, 7) is 0.517. The Kier molecular flexibility index (Phi) is 6.18. The molecular formula is C12H14ClNO4. The first kappa shape index (κ1) is 14.5. The highest BCUT2D eigenvalue weighted by Gasteiger charge is 2.07. The second-order valence-corrected chi connectivity index (χ2v) is 3.95. The second kappa shape index (κ2) is 7.68. The Morgan fingerprint density at radius 3 is 2.89 bits per heavy atom. The molecule has 0 atom stereocenters. The van der Waals surface area contributed by atoms with E-state index in [0.717, 1.165) is 6.20 Å². The monoisotopic (exact) mass is 271 g/mol. The normalized spacial score (nSPS) is 10.8. The van der Waals surface area contributed by atoms with Gasteiger partial charge in [0.1, 0.15) is 5.75 Å². The fourth-order valence-corrected chi connectivity index (χ4v) is 1.57. The standard InChI is InChI=1S/C12H14ClNO4/c13-11-5-3-4-10(6-7-14(16)17)12(11)18-9-2-1-8-15/h3-7,15H,1-2,8-9H2/b7-6+. The highest BCUT2D eigenvalue weighted by Crippen LogP contribution is 2.29. The molecule has 18 heavy (non-hydrogen) atoms. The summed E-state index contributed by atoms with van der Waals surface area (Å²) >= 11 is 5.98. The molecule has 0 aliphatic heterocycles. The summed E-state index contributed by atoms with van der Waals surface area (Å²) in [4.78, 5) is 9.74. The Balaban J connectivity index is 2.77. The molecule has 0 amide bonds. The number of para-hydroxylation sites is 1. The molecule has 0 spiro atoms. The molecule has 98 valence electrons. The molecule has 6 heteroatoms. The first-order valence-electron chi connectivity index (χ1n) is 5.49. The van der Waals surface area contributed by atoms with Gasteiger partial charge in [-0.15, -0.1) is 0 Å². The number of nitro groups is 1. The average molecular weight is 272 g/mol. The van der Waals surface area contributed by atoms with Gasteiger partial charge in [0.2, 0.25) is 6.20 Å². The quantitative estimate of drug-likeness (QED) is 0.470. The molecule has 0 aromatic heterocycles. The number of rotatable bonds is 7. The maximum absolute atomic E-state index is 10.3. The van der Waals surface area contributed by atoms with E-state index >= 15 is 0 Å². The number of unbranched alkanes of at least 4 members (excludes halogenated alkanes) is 1. The van der Waals surface area contributed by atoms with Gasteiger partial charge >= 0.3 is 0 Å². The molecule has 0 unspecified atom stereocenters. The first-order valence-corrected chi connectivity index (χ1v) is 5.87. The lowest BCUT2D eigenvalue weighted by atomic mass is 10.2.